The first-order valence-electron chi connectivity index (χ1n) is 8.51. The van der Waals surface area contributed by atoms with Crippen molar-refractivity contribution in [3.63, 3.8) is 0 Å². The first-order chi connectivity index (χ1) is 12.8. The summed E-state index contributed by atoms with van der Waals surface area (Å²) < 4.78 is 30.2. The minimum Gasteiger partial charge on any atom is -0.496 e. The van der Waals surface area contributed by atoms with Gasteiger partial charge in [0, 0.05) is 13.1 Å². The number of sulfone groups is 1. The van der Waals surface area contributed by atoms with E-state index in [-0.39, 0.29) is 23.5 Å². The number of carbonyl (C=O) groups excluding carboxylic acids is 1. The van der Waals surface area contributed by atoms with E-state index in [9.17, 15) is 13.2 Å². The van der Waals surface area contributed by atoms with Crippen LogP contribution in [0.25, 0.3) is 11.4 Å². The Balaban J connectivity index is 1.69. The zero-order valence-electron chi connectivity index (χ0n) is 15.4. The number of nitrogens with one attached hydrogen (secondary N) is 1. The number of thioether (sulfide) groups is 1. The van der Waals surface area contributed by atoms with Gasteiger partial charge in [-0.3, -0.25) is 4.79 Å². The lowest BCUT2D eigenvalue weighted by Crippen LogP contribution is -2.40. The van der Waals surface area contributed by atoms with Crippen LogP contribution in [0.3, 0.4) is 0 Å². The summed E-state index contributed by atoms with van der Waals surface area (Å²) in [5.74, 6) is 1.27. The highest BCUT2D eigenvalue weighted by Gasteiger charge is 2.30. The number of methoxy groups -OCH3 is 1. The number of nitrogens with zero attached hydrogens (tertiary/aromatic N) is 3. The van der Waals surface area contributed by atoms with Crippen molar-refractivity contribution in [3.8, 4) is 17.1 Å². The minimum absolute atomic E-state index is 0.0119. The van der Waals surface area contributed by atoms with Crippen molar-refractivity contribution in [2.45, 2.75) is 29.8 Å². The van der Waals surface area contributed by atoms with Crippen LogP contribution in [0.1, 0.15) is 13.3 Å². The van der Waals surface area contributed by atoms with Gasteiger partial charge in [-0.2, -0.15) is 0 Å². The third kappa shape index (κ3) is 4.44. The molecule has 1 saturated heterocycles. The van der Waals surface area contributed by atoms with Gasteiger partial charge >= 0.3 is 0 Å². The molecule has 0 unspecified atom stereocenters. The molecule has 0 radical (unpaired) electrons. The lowest BCUT2D eigenvalue weighted by molar-refractivity contribution is -0.120. The van der Waals surface area contributed by atoms with Crippen molar-refractivity contribution in [1.82, 2.24) is 20.1 Å². The Kier molecular flexibility index (Phi) is 5.75. The van der Waals surface area contributed by atoms with Gasteiger partial charge in [-0.15, -0.1) is 10.2 Å². The van der Waals surface area contributed by atoms with Gasteiger partial charge in [0.25, 0.3) is 0 Å². The Labute approximate surface area is 162 Å². The first-order valence-corrected chi connectivity index (χ1v) is 11.2. The van der Waals surface area contributed by atoms with Crippen molar-refractivity contribution in [1.29, 1.82) is 0 Å². The highest BCUT2D eigenvalue weighted by molar-refractivity contribution is 8.00. The molecule has 2 heterocycles. The summed E-state index contributed by atoms with van der Waals surface area (Å²) in [6, 6.07) is 7.21. The van der Waals surface area contributed by atoms with Crippen LogP contribution in [0.15, 0.2) is 29.4 Å². The van der Waals surface area contributed by atoms with E-state index in [1.54, 1.807) is 14.0 Å². The number of amides is 1. The number of ether oxygens (including phenoxy) is 1. The maximum absolute atomic E-state index is 12.4. The van der Waals surface area contributed by atoms with E-state index in [0.29, 0.717) is 23.2 Å². The van der Waals surface area contributed by atoms with Crippen molar-refractivity contribution >= 4 is 27.5 Å². The Bertz CT molecular complexity index is 942. The number of carbonyl (C=O) groups is 1. The maximum atomic E-state index is 12.4. The van der Waals surface area contributed by atoms with Gasteiger partial charge in [0.15, 0.2) is 20.8 Å². The van der Waals surface area contributed by atoms with Crippen LogP contribution in [0.5, 0.6) is 5.75 Å². The molecule has 1 N–H and O–H groups in total. The summed E-state index contributed by atoms with van der Waals surface area (Å²) in [5.41, 5.74) is 0.815. The van der Waals surface area contributed by atoms with Gasteiger partial charge < -0.3 is 14.6 Å². The fourth-order valence-electron chi connectivity index (χ4n) is 2.92. The van der Waals surface area contributed by atoms with E-state index in [0.717, 1.165) is 5.56 Å². The van der Waals surface area contributed by atoms with Gasteiger partial charge in [0.2, 0.25) is 5.91 Å². The molecule has 1 aliphatic heterocycles. The van der Waals surface area contributed by atoms with Crippen LogP contribution in [-0.2, 0) is 21.7 Å². The molecule has 1 fully saturated rings. The fourth-order valence-corrected chi connectivity index (χ4v) is 5.42. The Morgan fingerprint density at radius 3 is 2.78 bits per heavy atom. The standard InChI is InChI=1S/C17H22N4O4S2/c1-11(16(22)18-12-8-9-27(23,24)10-12)26-17-20-19-15(21(17)2)13-6-4-5-7-14(13)25-3/h4-7,11-12H,8-10H2,1-3H3,(H,18,22)/t11-,12-/m1/s1. The Morgan fingerprint density at radius 2 is 2.11 bits per heavy atom. The predicted molar refractivity (Wildman–Crippen MR) is 104 cm³/mol. The molecule has 0 bridgehead atoms. The maximum Gasteiger partial charge on any atom is 0.233 e. The summed E-state index contributed by atoms with van der Waals surface area (Å²) in [6.07, 6.45) is 0.466. The van der Waals surface area contributed by atoms with Gasteiger partial charge in [-0.25, -0.2) is 8.42 Å². The molecule has 0 aliphatic carbocycles. The SMILES string of the molecule is COc1ccccc1-c1nnc(S[C@H](C)C(=O)N[C@@H]2CCS(=O)(=O)C2)n1C. The fraction of sp³-hybridized carbons (Fsp3) is 0.471. The second-order valence-electron chi connectivity index (χ2n) is 6.43. The number of benzene rings is 1. The molecule has 1 aromatic heterocycles. The average Bonchev–Trinajstić information content (AvgIpc) is 3.16. The molecular weight excluding hydrogens is 388 g/mol. The smallest absolute Gasteiger partial charge is 0.233 e. The van der Waals surface area contributed by atoms with Crippen LogP contribution in [0.4, 0.5) is 0 Å². The normalized spacial score (nSPS) is 19.6. The van der Waals surface area contributed by atoms with Crippen molar-refractivity contribution < 1.29 is 17.9 Å². The molecule has 2 aromatic rings. The van der Waals surface area contributed by atoms with Gasteiger partial charge in [0.05, 0.1) is 29.4 Å². The zero-order chi connectivity index (χ0) is 19.6. The number of aromatic nitrogens is 3. The lowest BCUT2D eigenvalue weighted by Gasteiger charge is -2.15. The largest absolute Gasteiger partial charge is 0.496 e. The monoisotopic (exact) mass is 410 g/mol. The van der Waals surface area contributed by atoms with E-state index >= 15 is 0 Å². The molecule has 3 rings (SSSR count). The minimum atomic E-state index is -3.03. The van der Waals surface area contributed by atoms with Crippen LogP contribution in [0.2, 0.25) is 0 Å². The number of rotatable bonds is 6. The molecule has 1 aliphatic rings. The quantitative estimate of drug-likeness (QED) is 0.716. The Hall–Kier alpha value is -2.07. The summed E-state index contributed by atoms with van der Waals surface area (Å²) in [6.45, 7) is 1.76. The summed E-state index contributed by atoms with van der Waals surface area (Å²) >= 11 is 1.28. The number of para-hydroxylation sites is 1. The lowest BCUT2D eigenvalue weighted by atomic mass is 10.2. The molecule has 2 atom stereocenters. The third-order valence-electron chi connectivity index (χ3n) is 4.41. The molecule has 27 heavy (non-hydrogen) atoms. The molecule has 1 amide bonds. The number of hydrogen-bond donors (Lipinski definition) is 1. The third-order valence-corrected chi connectivity index (χ3v) is 7.31. The molecule has 1 aromatic carbocycles. The second kappa shape index (κ2) is 7.89. The molecular formula is C17H22N4O4S2. The van der Waals surface area contributed by atoms with Crippen LogP contribution in [-0.4, -0.2) is 59.0 Å². The molecule has 0 saturated carbocycles. The zero-order valence-corrected chi connectivity index (χ0v) is 17.0. The van der Waals surface area contributed by atoms with E-state index in [1.165, 1.54) is 11.8 Å². The second-order valence-corrected chi connectivity index (χ2v) is 9.97. The van der Waals surface area contributed by atoms with Crippen molar-refractivity contribution in [2.24, 2.45) is 7.05 Å². The van der Waals surface area contributed by atoms with Crippen molar-refractivity contribution in [2.75, 3.05) is 18.6 Å². The van der Waals surface area contributed by atoms with Crippen molar-refractivity contribution in [3.05, 3.63) is 24.3 Å². The average molecular weight is 411 g/mol. The summed E-state index contributed by atoms with van der Waals surface area (Å²) in [7, 11) is 0.403. The molecule has 8 nitrogen and oxygen atoms in total. The molecule has 10 heteroatoms. The number of hydrogen-bond acceptors (Lipinski definition) is 7. The first kappa shape index (κ1) is 19.7. The van der Waals surface area contributed by atoms with E-state index in [4.69, 9.17) is 4.74 Å². The van der Waals surface area contributed by atoms with Gasteiger partial charge in [-0.1, -0.05) is 23.9 Å². The summed E-state index contributed by atoms with van der Waals surface area (Å²) in [5, 5.41) is 11.4. The Morgan fingerprint density at radius 1 is 1.37 bits per heavy atom. The van der Waals surface area contributed by atoms with Crippen LogP contribution >= 0.6 is 11.8 Å². The predicted octanol–water partition coefficient (Wildman–Crippen LogP) is 1.27. The topological polar surface area (TPSA) is 103 Å². The highest BCUT2D eigenvalue weighted by atomic mass is 32.2. The molecule has 0 spiro atoms. The van der Waals surface area contributed by atoms with E-state index in [2.05, 4.69) is 15.5 Å². The van der Waals surface area contributed by atoms with Crippen LogP contribution in [0, 0.1) is 0 Å². The van der Waals surface area contributed by atoms with E-state index in [1.807, 2.05) is 35.9 Å². The molecule has 146 valence electrons. The van der Waals surface area contributed by atoms with E-state index < -0.39 is 15.1 Å². The highest BCUT2D eigenvalue weighted by Crippen LogP contribution is 2.31. The van der Waals surface area contributed by atoms with Crippen LogP contribution < -0.4 is 10.1 Å². The van der Waals surface area contributed by atoms with Gasteiger partial charge in [-0.05, 0) is 25.5 Å². The van der Waals surface area contributed by atoms with Gasteiger partial charge in [0.1, 0.15) is 5.75 Å². The summed E-state index contributed by atoms with van der Waals surface area (Å²) in [4.78, 5) is 12.4.